The fourth-order valence-electron chi connectivity index (χ4n) is 2.87. The van der Waals surface area contributed by atoms with Crippen molar-refractivity contribution >= 4 is 15.7 Å². The Morgan fingerprint density at radius 2 is 1.72 bits per heavy atom. The molecule has 10 heteroatoms. The maximum atomic E-state index is 13.5. The third-order valence-corrected chi connectivity index (χ3v) is 6.20. The molecule has 0 spiro atoms. The molecule has 3 rings (SSSR count). The summed E-state index contributed by atoms with van der Waals surface area (Å²) in [6, 6.07) is 10.3. The summed E-state index contributed by atoms with van der Waals surface area (Å²) in [5, 5.41) is 9.50. The minimum absolute atomic E-state index is 0.0337. The van der Waals surface area contributed by atoms with Crippen molar-refractivity contribution in [2.45, 2.75) is 17.1 Å². The van der Waals surface area contributed by atoms with Gasteiger partial charge in [-0.3, -0.25) is 5.10 Å². The zero-order valence-electron chi connectivity index (χ0n) is 15.6. The van der Waals surface area contributed by atoms with Crippen molar-refractivity contribution in [3.8, 4) is 0 Å². The minimum Gasteiger partial charge on any atom is -0.374 e. The first-order valence-corrected chi connectivity index (χ1v) is 9.98. The molecule has 0 amide bonds. The number of H-pyrrole nitrogens is 1. The molecule has 0 bridgehead atoms. The molecule has 0 saturated carbocycles. The zero-order valence-corrected chi connectivity index (χ0v) is 16.4. The summed E-state index contributed by atoms with van der Waals surface area (Å²) >= 11 is 0. The molecule has 6 nitrogen and oxygen atoms in total. The summed E-state index contributed by atoms with van der Waals surface area (Å²) in [5.74, 6) is 0. The summed E-state index contributed by atoms with van der Waals surface area (Å²) in [7, 11) is -0.760. The van der Waals surface area contributed by atoms with Gasteiger partial charge in [0.05, 0.1) is 22.7 Å². The van der Waals surface area contributed by atoms with Gasteiger partial charge in [0.2, 0.25) is 10.0 Å². The molecule has 1 aromatic heterocycles. The van der Waals surface area contributed by atoms with Gasteiger partial charge in [-0.1, -0.05) is 18.2 Å². The van der Waals surface area contributed by atoms with Gasteiger partial charge in [-0.15, -0.1) is 0 Å². The normalized spacial score (nSPS) is 13.4. The second-order valence-electron chi connectivity index (χ2n) is 6.51. The number of anilines is 1. The lowest BCUT2D eigenvalue weighted by Crippen LogP contribution is -2.22. The first-order chi connectivity index (χ1) is 13.6. The van der Waals surface area contributed by atoms with Crippen LogP contribution in [0.15, 0.2) is 65.8 Å². The van der Waals surface area contributed by atoms with Crippen molar-refractivity contribution in [3.63, 3.8) is 0 Å². The van der Waals surface area contributed by atoms with Gasteiger partial charge in [0.25, 0.3) is 0 Å². The molecular formula is C19H19F3N4O2S. The Morgan fingerprint density at radius 1 is 1.07 bits per heavy atom. The first-order valence-electron chi connectivity index (χ1n) is 8.54. The summed E-state index contributed by atoms with van der Waals surface area (Å²) in [4.78, 5) is 0.0867. The van der Waals surface area contributed by atoms with E-state index in [1.807, 2.05) is 0 Å². The van der Waals surface area contributed by atoms with Crippen molar-refractivity contribution in [1.29, 1.82) is 0 Å². The van der Waals surface area contributed by atoms with E-state index >= 15 is 0 Å². The van der Waals surface area contributed by atoms with Gasteiger partial charge >= 0.3 is 6.18 Å². The Morgan fingerprint density at radius 3 is 2.28 bits per heavy atom. The van der Waals surface area contributed by atoms with E-state index in [4.69, 9.17) is 0 Å². The Balaban J connectivity index is 2.00. The Kier molecular flexibility index (Phi) is 5.67. The number of halogens is 3. The van der Waals surface area contributed by atoms with Crippen LogP contribution >= 0.6 is 0 Å². The van der Waals surface area contributed by atoms with Crippen LogP contribution in [0.25, 0.3) is 0 Å². The lowest BCUT2D eigenvalue weighted by atomic mass is 9.95. The second-order valence-corrected chi connectivity index (χ2v) is 8.66. The number of hydrogen-bond acceptors (Lipinski definition) is 4. The lowest BCUT2D eigenvalue weighted by molar-refractivity contribution is -0.138. The second kappa shape index (κ2) is 7.88. The maximum Gasteiger partial charge on any atom is 0.416 e. The third kappa shape index (κ3) is 4.43. The zero-order chi connectivity index (χ0) is 21.2. The third-order valence-electron chi connectivity index (χ3n) is 4.37. The highest BCUT2D eigenvalue weighted by molar-refractivity contribution is 7.89. The van der Waals surface area contributed by atoms with Gasteiger partial charge in [0, 0.05) is 31.5 Å². The molecule has 0 aliphatic carbocycles. The molecule has 0 radical (unpaired) electrons. The van der Waals surface area contributed by atoms with Gasteiger partial charge < -0.3 is 5.32 Å². The van der Waals surface area contributed by atoms with Crippen LogP contribution in [-0.2, 0) is 16.2 Å². The SMILES string of the molecule is CN(C)S(=O)(=O)c1ccc(NC(c2cn[nH]c2)c2ccccc2C(F)(F)F)cc1. The van der Waals surface area contributed by atoms with Crippen molar-refractivity contribution < 1.29 is 21.6 Å². The van der Waals surface area contributed by atoms with Gasteiger partial charge in [0.1, 0.15) is 0 Å². The average molecular weight is 424 g/mol. The highest BCUT2D eigenvalue weighted by Crippen LogP contribution is 2.37. The largest absolute Gasteiger partial charge is 0.416 e. The summed E-state index contributed by atoms with van der Waals surface area (Å²) in [6.07, 6.45) is -1.57. The number of rotatable bonds is 6. The van der Waals surface area contributed by atoms with Gasteiger partial charge in [0.15, 0.2) is 0 Å². The summed E-state index contributed by atoms with van der Waals surface area (Å²) in [6.45, 7) is 0. The van der Waals surface area contributed by atoms with Crippen LogP contribution in [0.2, 0.25) is 0 Å². The van der Waals surface area contributed by atoms with E-state index in [2.05, 4.69) is 15.5 Å². The molecule has 0 aliphatic heterocycles. The average Bonchev–Trinajstić information content (AvgIpc) is 3.20. The van der Waals surface area contributed by atoms with E-state index in [0.717, 1.165) is 10.4 Å². The molecule has 0 saturated heterocycles. The predicted molar refractivity (Wildman–Crippen MR) is 103 cm³/mol. The molecule has 1 atom stereocenters. The molecule has 2 N–H and O–H groups in total. The number of nitrogens with zero attached hydrogens (tertiary/aromatic N) is 2. The quantitative estimate of drug-likeness (QED) is 0.630. The van der Waals surface area contributed by atoms with Crippen molar-refractivity contribution in [1.82, 2.24) is 14.5 Å². The van der Waals surface area contributed by atoms with Crippen LogP contribution in [0.5, 0.6) is 0 Å². The van der Waals surface area contributed by atoms with E-state index in [1.54, 1.807) is 0 Å². The topological polar surface area (TPSA) is 78.1 Å². The number of sulfonamides is 1. The van der Waals surface area contributed by atoms with Crippen molar-refractivity contribution in [2.75, 3.05) is 19.4 Å². The van der Waals surface area contributed by atoms with Crippen LogP contribution in [0.3, 0.4) is 0 Å². The predicted octanol–water partition coefficient (Wildman–Crippen LogP) is 3.88. The fourth-order valence-corrected chi connectivity index (χ4v) is 3.77. The van der Waals surface area contributed by atoms with Crippen LogP contribution in [-0.4, -0.2) is 37.0 Å². The minimum atomic E-state index is -4.52. The standard InChI is InChI=1S/C19H19F3N4O2S/c1-26(2)29(27,28)15-9-7-14(8-10-15)25-18(13-11-23-24-12-13)16-5-3-4-6-17(16)19(20,21)22/h3-12,18,25H,1-2H3,(H,23,24). The molecule has 1 heterocycles. The number of aromatic amines is 1. The molecule has 29 heavy (non-hydrogen) atoms. The van der Waals surface area contributed by atoms with Crippen LogP contribution < -0.4 is 5.32 Å². The highest BCUT2D eigenvalue weighted by atomic mass is 32.2. The summed E-state index contributed by atoms with van der Waals surface area (Å²) in [5.41, 5.74) is 0.245. The van der Waals surface area contributed by atoms with Crippen LogP contribution in [0.1, 0.15) is 22.7 Å². The van der Waals surface area contributed by atoms with E-state index in [0.29, 0.717) is 11.3 Å². The molecule has 0 fully saturated rings. The van der Waals surface area contributed by atoms with Crippen LogP contribution in [0.4, 0.5) is 18.9 Å². The molecule has 2 aromatic carbocycles. The number of aromatic nitrogens is 2. The van der Waals surface area contributed by atoms with Crippen molar-refractivity contribution in [3.05, 3.63) is 77.6 Å². The smallest absolute Gasteiger partial charge is 0.374 e. The van der Waals surface area contributed by atoms with E-state index in [-0.39, 0.29) is 10.5 Å². The number of hydrogen-bond donors (Lipinski definition) is 2. The van der Waals surface area contributed by atoms with Gasteiger partial charge in [-0.05, 0) is 35.9 Å². The van der Waals surface area contributed by atoms with E-state index < -0.39 is 27.8 Å². The first kappa shape index (κ1) is 20.9. The fraction of sp³-hybridized carbons (Fsp3) is 0.211. The number of alkyl halides is 3. The highest BCUT2D eigenvalue weighted by Gasteiger charge is 2.35. The molecule has 0 aliphatic rings. The number of benzene rings is 2. The molecule has 154 valence electrons. The van der Waals surface area contributed by atoms with E-state index in [9.17, 15) is 21.6 Å². The molecular weight excluding hydrogens is 405 g/mol. The van der Waals surface area contributed by atoms with Gasteiger partial charge in [-0.2, -0.15) is 18.3 Å². The Labute approximate surface area is 166 Å². The monoisotopic (exact) mass is 424 g/mol. The lowest BCUT2D eigenvalue weighted by Gasteiger charge is -2.23. The number of nitrogens with one attached hydrogen (secondary N) is 2. The Bertz CT molecular complexity index is 1060. The van der Waals surface area contributed by atoms with Gasteiger partial charge in [-0.25, -0.2) is 12.7 Å². The van der Waals surface area contributed by atoms with Crippen LogP contribution in [0, 0.1) is 0 Å². The van der Waals surface area contributed by atoms with Crippen molar-refractivity contribution in [2.24, 2.45) is 0 Å². The van der Waals surface area contributed by atoms with E-state index in [1.165, 1.54) is 69.0 Å². The Hall–Kier alpha value is -2.85. The maximum absolute atomic E-state index is 13.5. The summed E-state index contributed by atoms with van der Waals surface area (Å²) < 4.78 is 66.1. The molecule has 1 unspecified atom stereocenters. The molecule has 3 aromatic rings.